The molecule has 3 aromatic carbocycles. The number of nitrogens with zero attached hydrogens (tertiary/aromatic N) is 4. The number of ether oxygens (including phenoxy) is 1. The molecule has 3 heterocycles. The summed E-state index contributed by atoms with van der Waals surface area (Å²) in [7, 11) is 1.58. The summed E-state index contributed by atoms with van der Waals surface area (Å²) >= 11 is 0. The summed E-state index contributed by atoms with van der Waals surface area (Å²) in [6.45, 7) is 0. The van der Waals surface area contributed by atoms with Crippen molar-refractivity contribution < 1.29 is 20.1 Å². The smallest absolute Gasteiger partial charge is 0.232 e. The Labute approximate surface area is 188 Å². The molecule has 3 aromatic rings. The van der Waals surface area contributed by atoms with E-state index in [0.717, 1.165) is 16.9 Å². The van der Waals surface area contributed by atoms with Crippen LogP contribution in [0, 0.1) is 0 Å². The summed E-state index contributed by atoms with van der Waals surface area (Å²) < 4.78 is 5.32. The maximum Gasteiger partial charge on any atom is 0.232 e. The van der Waals surface area contributed by atoms with Gasteiger partial charge in [0.15, 0.2) is 11.4 Å². The fourth-order valence-corrected chi connectivity index (χ4v) is 4.61. The fraction of sp³-hybridized carbons (Fsp3) is 0.0800. The number of aliphatic imine (C=N–C) groups is 3. The van der Waals surface area contributed by atoms with Crippen LogP contribution < -0.4 is 4.74 Å². The van der Waals surface area contributed by atoms with E-state index in [1.54, 1.807) is 25.5 Å². The molecule has 33 heavy (non-hydrogen) atoms. The summed E-state index contributed by atoms with van der Waals surface area (Å²) in [5.74, 6) is 0.582. The largest absolute Gasteiger partial charge is 0.508 e. The molecule has 0 fully saturated rings. The van der Waals surface area contributed by atoms with Crippen LogP contribution in [0.5, 0.6) is 23.0 Å². The minimum Gasteiger partial charge on any atom is -0.508 e. The molecule has 0 aliphatic carbocycles. The first kappa shape index (κ1) is 19.1. The van der Waals surface area contributed by atoms with Crippen molar-refractivity contribution in [2.24, 2.45) is 15.0 Å². The molecule has 1 atom stereocenters. The second kappa shape index (κ2) is 6.70. The maximum atomic E-state index is 10.9. The van der Waals surface area contributed by atoms with Gasteiger partial charge in [0.25, 0.3) is 0 Å². The molecule has 0 saturated heterocycles. The van der Waals surface area contributed by atoms with Crippen molar-refractivity contribution in [3.05, 3.63) is 83.4 Å². The Morgan fingerprint density at radius 1 is 0.939 bits per heavy atom. The highest BCUT2D eigenvalue weighted by atomic mass is 16.5. The zero-order valence-electron chi connectivity index (χ0n) is 17.5. The number of aromatic hydroxyl groups is 3. The minimum atomic E-state index is -1.43. The van der Waals surface area contributed by atoms with Crippen molar-refractivity contribution in [1.29, 1.82) is 0 Å². The molecule has 0 radical (unpaired) electrons. The van der Waals surface area contributed by atoms with Gasteiger partial charge in [-0.15, -0.1) is 0 Å². The van der Waals surface area contributed by atoms with Crippen LogP contribution in [0.15, 0.2) is 81.7 Å². The zero-order valence-corrected chi connectivity index (χ0v) is 17.5. The van der Waals surface area contributed by atoms with E-state index in [-0.39, 0.29) is 22.8 Å². The summed E-state index contributed by atoms with van der Waals surface area (Å²) in [5.41, 5.74) is 1.80. The molecular weight excluding hydrogens is 420 g/mol. The monoisotopic (exact) mass is 438 g/mol. The highest BCUT2D eigenvalue weighted by molar-refractivity contribution is 6.24. The van der Waals surface area contributed by atoms with Crippen LogP contribution in [-0.4, -0.2) is 45.3 Å². The van der Waals surface area contributed by atoms with E-state index < -0.39 is 5.54 Å². The molecule has 8 heteroatoms. The van der Waals surface area contributed by atoms with Crippen LogP contribution in [-0.2, 0) is 5.54 Å². The Kier molecular flexibility index (Phi) is 3.88. The molecule has 0 amide bonds. The number of hydrogen-bond donors (Lipinski definition) is 3. The lowest BCUT2D eigenvalue weighted by atomic mass is 9.80. The Bertz CT molecular complexity index is 1420. The Morgan fingerprint density at radius 2 is 1.67 bits per heavy atom. The average molecular weight is 438 g/mol. The van der Waals surface area contributed by atoms with Gasteiger partial charge in [-0.1, -0.05) is 30.3 Å². The molecular formula is C25H18N4O4. The molecule has 3 N–H and O–H groups in total. The van der Waals surface area contributed by atoms with Crippen molar-refractivity contribution >= 4 is 29.4 Å². The average Bonchev–Trinajstić information content (AvgIpc) is 3.14. The van der Waals surface area contributed by atoms with Crippen molar-refractivity contribution in [3.63, 3.8) is 0 Å². The number of allylic oxidation sites excluding steroid dienone is 1. The number of fused-ring (bicyclic) bond motifs is 2. The van der Waals surface area contributed by atoms with E-state index in [0.29, 0.717) is 23.1 Å². The molecule has 1 unspecified atom stereocenters. The van der Waals surface area contributed by atoms with Crippen molar-refractivity contribution in [2.75, 3.05) is 7.11 Å². The maximum absolute atomic E-state index is 10.9. The molecule has 162 valence electrons. The van der Waals surface area contributed by atoms with Gasteiger partial charge >= 0.3 is 0 Å². The molecule has 0 saturated carbocycles. The molecule has 8 nitrogen and oxygen atoms in total. The van der Waals surface area contributed by atoms with Crippen LogP contribution in [0.25, 0.3) is 5.70 Å². The Balaban J connectivity index is 1.73. The first-order chi connectivity index (χ1) is 16.0. The first-order valence-electron chi connectivity index (χ1n) is 10.3. The lowest BCUT2D eigenvalue weighted by molar-refractivity contribution is 0.409. The first-order valence-corrected chi connectivity index (χ1v) is 10.3. The number of guanidine groups is 1. The number of benzene rings is 3. The van der Waals surface area contributed by atoms with Gasteiger partial charge in [0.05, 0.1) is 24.1 Å². The molecule has 0 bridgehead atoms. The van der Waals surface area contributed by atoms with Gasteiger partial charge in [0.2, 0.25) is 5.96 Å². The quantitative estimate of drug-likeness (QED) is 0.575. The number of methoxy groups -OCH3 is 1. The van der Waals surface area contributed by atoms with Crippen molar-refractivity contribution in [2.45, 2.75) is 5.54 Å². The highest BCUT2D eigenvalue weighted by Crippen LogP contribution is 2.53. The zero-order chi connectivity index (χ0) is 22.7. The molecule has 3 aliphatic rings. The molecule has 3 aliphatic heterocycles. The third-order valence-electron chi connectivity index (χ3n) is 6.02. The van der Waals surface area contributed by atoms with E-state index in [9.17, 15) is 15.3 Å². The number of hydrogen-bond acceptors (Lipinski definition) is 8. The van der Waals surface area contributed by atoms with Gasteiger partial charge in [-0.05, 0) is 29.8 Å². The highest BCUT2D eigenvalue weighted by Gasteiger charge is 2.54. The molecule has 0 aromatic heterocycles. The number of amidine groups is 1. The number of phenols is 3. The minimum absolute atomic E-state index is 0.0973. The van der Waals surface area contributed by atoms with E-state index in [1.807, 2.05) is 47.4 Å². The Hall–Kier alpha value is -4.59. The van der Waals surface area contributed by atoms with Crippen LogP contribution in [0.1, 0.15) is 16.7 Å². The lowest BCUT2D eigenvalue weighted by Gasteiger charge is -2.35. The predicted molar refractivity (Wildman–Crippen MR) is 124 cm³/mol. The number of para-hydroxylation sites is 1. The standard InChI is InChI=1S/C25H18N4O4/c1-33-16-8-6-14(7-9-16)25(22-20(31)12-15(30)13-21(22)32)23-27-18-5-3-2-4-17(18)19-10-11-26-24(28-25)29(19)23/h2-13,30-32H,1H3. The van der Waals surface area contributed by atoms with Gasteiger partial charge in [-0.25, -0.2) is 15.0 Å². The number of phenolic OH excluding ortho intramolecular Hbond substituents is 3. The Morgan fingerprint density at radius 3 is 2.39 bits per heavy atom. The summed E-state index contributed by atoms with van der Waals surface area (Å²) in [5, 5.41) is 31.8. The van der Waals surface area contributed by atoms with E-state index in [2.05, 4.69) is 4.99 Å². The lowest BCUT2D eigenvalue weighted by Crippen LogP contribution is -2.42. The van der Waals surface area contributed by atoms with Crippen LogP contribution >= 0.6 is 0 Å². The van der Waals surface area contributed by atoms with Crippen LogP contribution in [0.2, 0.25) is 0 Å². The van der Waals surface area contributed by atoms with E-state index in [1.165, 1.54) is 12.1 Å². The summed E-state index contributed by atoms with van der Waals surface area (Å²) in [6, 6.07) is 17.2. The third kappa shape index (κ3) is 2.54. The van der Waals surface area contributed by atoms with Crippen LogP contribution in [0.4, 0.5) is 5.69 Å². The second-order valence-electron chi connectivity index (χ2n) is 7.83. The van der Waals surface area contributed by atoms with Crippen LogP contribution in [0.3, 0.4) is 0 Å². The topological polar surface area (TPSA) is 110 Å². The predicted octanol–water partition coefficient (Wildman–Crippen LogP) is 3.90. The normalized spacial score (nSPS) is 19.9. The van der Waals surface area contributed by atoms with E-state index in [4.69, 9.17) is 14.7 Å². The fourth-order valence-electron chi connectivity index (χ4n) is 4.61. The second-order valence-corrected chi connectivity index (χ2v) is 7.83. The SMILES string of the molecule is COc1ccc(C2(c3c(O)cc(O)cc3O)N=C3N=CC=C4c5ccccc5N=C2N43)cc1. The third-order valence-corrected chi connectivity index (χ3v) is 6.02. The summed E-state index contributed by atoms with van der Waals surface area (Å²) in [6.07, 6.45) is 3.55. The summed E-state index contributed by atoms with van der Waals surface area (Å²) in [4.78, 5) is 16.2. The van der Waals surface area contributed by atoms with E-state index >= 15 is 0 Å². The van der Waals surface area contributed by atoms with Crippen molar-refractivity contribution in [1.82, 2.24) is 4.90 Å². The van der Waals surface area contributed by atoms with Gasteiger partial charge in [0, 0.05) is 23.9 Å². The molecule has 6 rings (SSSR count). The van der Waals surface area contributed by atoms with Gasteiger partial charge in [0.1, 0.15) is 23.0 Å². The van der Waals surface area contributed by atoms with Gasteiger partial charge < -0.3 is 20.1 Å². The molecule has 0 spiro atoms. The van der Waals surface area contributed by atoms with Crippen molar-refractivity contribution in [3.8, 4) is 23.0 Å². The van der Waals surface area contributed by atoms with Gasteiger partial charge in [-0.2, -0.15) is 0 Å². The number of rotatable bonds is 3. The van der Waals surface area contributed by atoms with Gasteiger partial charge in [-0.3, -0.25) is 4.90 Å².